The molecule has 6 nitrogen and oxygen atoms in total. The van der Waals surface area contributed by atoms with Crippen LogP contribution in [-0.2, 0) is 17.7 Å². The first-order valence-corrected chi connectivity index (χ1v) is 8.79. The van der Waals surface area contributed by atoms with Crippen LogP contribution in [0.15, 0.2) is 24.3 Å². The molecule has 2 aromatic rings. The number of nitrogens with one attached hydrogen (secondary N) is 1. The first-order chi connectivity index (χ1) is 13.0. The number of hydrogen-bond acceptors (Lipinski definition) is 6. The Labute approximate surface area is 154 Å². The number of alkyl halides is 3. The van der Waals surface area contributed by atoms with Crippen LogP contribution in [0.2, 0.25) is 0 Å². The van der Waals surface area contributed by atoms with Gasteiger partial charge in [-0.05, 0) is 25.1 Å². The van der Waals surface area contributed by atoms with Crippen LogP contribution in [0.25, 0.3) is 11.4 Å². The van der Waals surface area contributed by atoms with E-state index in [-0.39, 0.29) is 5.75 Å². The maximum atomic E-state index is 12.5. The summed E-state index contributed by atoms with van der Waals surface area (Å²) < 4.78 is 47.0. The van der Waals surface area contributed by atoms with E-state index in [9.17, 15) is 13.2 Å². The summed E-state index contributed by atoms with van der Waals surface area (Å²) in [5.74, 6) is 0.959. The van der Waals surface area contributed by atoms with Crippen LogP contribution in [-0.4, -0.2) is 49.2 Å². The second kappa shape index (κ2) is 7.32. The van der Waals surface area contributed by atoms with Crippen LogP contribution in [0.1, 0.15) is 11.3 Å². The topological polar surface area (TPSA) is 59.5 Å². The molecular formula is C18H19F3N4O2. The highest BCUT2D eigenvalue weighted by molar-refractivity contribution is 5.62. The number of halogens is 3. The Hall–Kier alpha value is -2.39. The van der Waals surface area contributed by atoms with Crippen LogP contribution < -0.4 is 15.0 Å². The molecule has 9 heteroatoms. The summed E-state index contributed by atoms with van der Waals surface area (Å²) in [6, 6.07) is 5.77. The Morgan fingerprint density at radius 1 is 1.15 bits per heavy atom. The molecule has 4 rings (SSSR count). The van der Waals surface area contributed by atoms with E-state index in [0.717, 1.165) is 43.1 Å². The lowest BCUT2D eigenvalue weighted by molar-refractivity contribution is -0.274. The highest BCUT2D eigenvalue weighted by Crippen LogP contribution is 2.30. The van der Waals surface area contributed by atoms with Crippen molar-refractivity contribution in [2.45, 2.75) is 19.3 Å². The Bertz CT molecular complexity index is 823. The zero-order chi connectivity index (χ0) is 18.9. The van der Waals surface area contributed by atoms with Crippen molar-refractivity contribution in [2.75, 3.05) is 37.7 Å². The van der Waals surface area contributed by atoms with Crippen molar-refractivity contribution >= 4 is 5.82 Å². The summed E-state index contributed by atoms with van der Waals surface area (Å²) in [4.78, 5) is 11.5. The van der Waals surface area contributed by atoms with E-state index in [4.69, 9.17) is 9.72 Å². The Balaban J connectivity index is 1.74. The summed E-state index contributed by atoms with van der Waals surface area (Å²) in [7, 11) is 0. The molecule has 0 atom stereocenters. The monoisotopic (exact) mass is 380 g/mol. The maximum absolute atomic E-state index is 12.5. The quantitative estimate of drug-likeness (QED) is 0.883. The van der Waals surface area contributed by atoms with E-state index in [1.54, 1.807) is 6.07 Å². The van der Waals surface area contributed by atoms with Gasteiger partial charge in [-0.25, -0.2) is 9.97 Å². The van der Waals surface area contributed by atoms with Gasteiger partial charge in [-0.1, -0.05) is 12.1 Å². The second-order valence-electron chi connectivity index (χ2n) is 6.40. The van der Waals surface area contributed by atoms with Crippen LogP contribution >= 0.6 is 0 Å². The summed E-state index contributed by atoms with van der Waals surface area (Å²) in [6.45, 7) is 4.17. The first kappa shape index (κ1) is 18.0. The van der Waals surface area contributed by atoms with Gasteiger partial charge in [0.1, 0.15) is 11.6 Å². The molecule has 1 aromatic carbocycles. The number of benzene rings is 1. The van der Waals surface area contributed by atoms with Gasteiger partial charge in [0.2, 0.25) is 0 Å². The highest BCUT2D eigenvalue weighted by atomic mass is 19.4. The molecule has 1 N–H and O–H groups in total. The Morgan fingerprint density at radius 3 is 2.74 bits per heavy atom. The number of morpholine rings is 1. The van der Waals surface area contributed by atoms with Gasteiger partial charge in [0.25, 0.3) is 0 Å². The number of ether oxygens (including phenoxy) is 2. The molecular weight excluding hydrogens is 361 g/mol. The van der Waals surface area contributed by atoms with Gasteiger partial charge in [0.15, 0.2) is 5.82 Å². The molecule has 3 heterocycles. The number of nitrogens with zero attached hydrogens (tertiary/aromatic N) is 3. The zero-order valence-corrected chi connectivity index (χ0v) is 14.6. The van der Waals surface area contributed by atoms with Crippen LogP contribution in [0.5, 0.6) is 5.75 Å². The third-order valence-corrected chi connectivity index (χ3v) is 4.55. The molecule has 0 amide bonds. The number of anilines is 1. The lowest BCUT2D eigenvalue weighted by Gasteiger charge is -2.31. The van der Waals surface area contributed by atoms with Crippen molar-refractivity contribution < 1.29 is 22.6 Å². The first-order valence-electron chi connectivity index (χ1n) is 8.79. The lowest BCUT2D eigenvalue weighted by atomic mass is 10.1. The van der Waals surface area contributed by atoms with Gasteiger partial charge >= 0.3 is 6.36 Å². The lowest BCUT2D eigenvalue weighted by Crippen LogP contribution is -2.39. The van der Waals surface area contributed by atoms with Crippen molar-refractivity contribution in [2.24, 2.45) is 0 Å². The summed E-state index contributed by atoms with van der Waals surface area (Å²) in [5.41, 5.74) is 2.47. The minimum absolute atomic E-state index is 0.285. The van der Waals surface area contributed by atoms with Gasteiger partial charge in [-0.3, -0.25) is 0 Å². The Morgan fingerprint density at radius 2 is 1.96 bits per heavy atom. The minimum atomic E-state index is -4.74. The molecule has 2 aliphatic heterocycles. The fourth-order valence-corrected chi connectivity index (χ4v) is 3.34. The van der Waals surface area contributed by atoms with Gasteiger partial charge < -0.3 is 19.7 Å². The van der Waals surface area contributed by atoms with Crippen LogP contribution in [0.3, 0.4) is 0 Å². The van der Waals surface area contributed by atoms with Crippen LogP contribution in [0, 0.1) is 0 Å². The van der Waals surface area contributed by atoms with Crippen molar-refractivity contribution in [3.05, 3.63) is 35.5 Å². The molecule has 144 valence electrons. The smallest absolute Gasteiger partial charge is 0.406 e. The molecule has 0 aliphatic carbocycles. The zero-order valence-electron chi connectivity index (χ0n) is 14.6. The normalized spacial score (nSPS) is 17.5. The van der Waals surface area contributed by atoms with Gasteiger partial charge in [-0.15, -0.1) is 13.2 Å². The molecule has 1 saturated heterocycles. The molecule has 1 aromatic heterocycles. The predicted octanol–water partition coefficient (Wildman–Crippen LogP) is 2.52. The standard InChI is InChI=1S/C18H19F3N4O2/c19-18(20,21)27-13-3-1-2-12(10-13)16-23-15-11-22-5-4-14(15)17(24-16)25-6-8-26-9-7-25/h1-3,10,22H,4-9,11H2. The fraction of sp³-hybridized carbons (Fsp3) is 0.444. The highest BCUT2D eigenvalue weighted by Gasteiger charge is 2.31. The van der Waals surface area contributed by atoms with E-state index < -0.39 is 6.36 Å². The van der Waals surface area contributed by atoms with Crippen molar-refractivity contribution in [3.63, 3.8) is 0 Å². The summed E-state index contributed by atoms with van der Waals surface area (Å²) >= 11 is 0. The summed E-state index contributed by atoms with van der Waals surface area (Å²) in [6.07, 6.45) is -3.92. The van der Waals surface area contributed by atoms with Crippen LogP contribution in [0.4, 0.5) is 19.0 Å². The van der Waals surface area contributed by atoms with E-state index in [0.29, 0.717) is 31.1 Å². The van der Waals surface area contributed by atoms with Gasteiger partial charge in [0, 0.05) is 30.8 Å². The molecule has 27 heavy (non-hydrogen) atoms. The van der Waals surface area contributed by atoms with E-state index in [1.807, 2.05) is 0 Å². The minimum Gasteiger partial charge on any atom is -0.406 e. The number of aromatic nitrogens is 2. The summed E-state index contributed by atoms with van der Waals surface area (Å²) in [5, 5.41) is 3.29. The van der Waals surface area contributed by atoms with Crippen molar-refractivity contribution in [1.82, 2.24) is 15.3 Å². The Kier molecular flexibility index (Phi) is 4.88. The molecule has 1 fully saturated rings. The van der Waals surface area contributed by atoms with E-state index in [1.165, 1.54) is 18.2 Å². The molecule has 0 spiro atoms. The number of hydrogen-bond donors (Lipinski definition) is 1. The molecule has 0 saturated carbocycles. The van der Waals surface area contributed by atoms with Crippen molar-refractivity contribution in [1.29, 1.82) is 0 Å². The third kappa shape index (κ3) is 4.14. The van der Waals surface area contributed by atoms with Crippen molar-refractivity contribution in [3.8, 4) is 17.1 Å². The largest absolute Gasteiger partial charge is 0.573 e. The average molecular weight is 380 g/mol. The predicted molar refractivity (Wildman–Crippen MR) is 92.6 cm³/mol. The fourth-order valence-electron chi connectivity index (χ4n) is 3.34. The SMILES string of the molecule is FC(F)(F)Oc1cccc(-c2nc3c(c(N4CCOCC4)n2)CCNC3)c1. The number of fused-ring (bicyclic) bond motifs is 1. The van der Waals surface area contributed by atoms with E-state index >= 15 is 0 Å². The maximum Gasteiger partial charge on any atom is 0.573 e. The second-order valence-corrected chi connectivity index (χ2v) is 6.40. The molecule has 2 aliphatic rings. The van der Waals surface area contributed by atoms with E-state index in [2.05, 4.69) is 19.9 Å². The third-order valence-electron chi connectivity index (χ3n) is 4.55. The number of rotatable bonds is 3. The molecule has 0 bridgehead atoms. The molecule has 0 unspecified atom stereocenters. The molecule has 0 radical (unpaired) electrons. The van der Waals surface area contributed by atoms with Gasteiger partial charge in [-0.2, -0.15) is 0 Å². The van der Waals surface area contributed by atoms with Gasteiger partial charge in [0.05, 0.1) is 18.9 Å². The average Bonchev–Trinajstić information content (AvgIpc) is 2.67.